The number of rotatable bonds is 16. The molecule has 1 N–H and O–H groups in total. The molecule has 12 heteroatoms. The molecule has 0 fully saturated rings. The van der Waals surface area contributed by atoms with Gasteiger partial charge in [-0.05, 0) is 83.8 Å². The number of nitrogens with one attached hydrogen (secondary N) is 1. The Morgan fingerprint density at radius 3 is 2.34 bits per heavy atom. The molecular weight excluding hydrogens is 651 g/mol. The normalized spacial score (nSPS) is 11.5. The van der Waals surface area contributed by atoms with Crippen molar-refractivity contribution in [3.63, 3.8) is 0 Å². The standard InChI is InChI=1S/C38H38F3N3O6/c1-25-7-8-28(37(45)43-31-6-4-5-30(22-31)38(39,40)41)21-34(25)27-9-10-35-29(20-27)24-42-36(44-35)19-26-17-32(47-3)23-33(18-26)50-16-15-49-14-13-48-12-11-46-2/h4-10,17-18,20-24H,11-16,19H2,1-3H3,(H,43,45). The van der Waals surface area contributed by atoms with Crippen molar-refractivity contribution in [1.29, 1.82) is 0 Å². The van der Waals surface area contributed by atoms with E-state index in [-0.39, 0.29) is 5.69 Å². The average molecular weight is 690 g/mol. The van der Waals surface area contributed by atoms with E-state index in [0.717, 1.165) is 45.3 Å². The van der Waals surface area contributed by atoms with Crippen molar-refractivity contribution < 1.29 is 41.7 Å². The van der Waals surface area contributed by atoms with Crippen molar-refractivity contribution in [2.24, 2.45) is 0 Å². The molecule has 262 valence electrons. The van der Waals surface area contributed by atoms with Gasteiger partial charge in [-0.2, -0.15) is 13.2 Å². The number of aromatic nitrogens is 2. The van der Waals surface area contributed by atoms with Crippen LogP contribution in [0.25, 0.3) is 22.0 Å². The molecule has 0 spiro atoms. The number of hydrogen-bond donors (Lipinski definition) is 1. The van der Waals surface area contributed by atoms with Gasteiger partial charge in [0.25, 0.3) is 5.91 Å². The van der Waals surface area contributed by atoms with Gasteiger partial charge in [0.2, 0.25) is 0 Å². The first-order valence-electron chi connectivity index (χ1n) is 15.9. The van der Waals surface area contributed by atoms with E-state index in [1.165, 1.54) is 12.1 Å². The highest BCUT2D eigenvalue weighted by Gasteiger charge is 2.30. The topological polar surface area (TPSA) is 101 Å². The smallest absolute Gasteiger partial charge is 0.416 e. The summed E-state index contributed by atoms with van der Waals surface area (Å²) in [5.74, 6) is 1.39. The van der Waals surface area contributed by atoms with Gasteiger partial charge in [-0.3, -0.25) is 4.79 Å². The van der Waals surface area contributed by atoms with Crippen LogP contribution in [0.4, 0.5) is 18.9 Å². The summed E-state index contributed by atoms with van der Waals surface area (Å²) in [5.41, 5.74) is 3.77. The number of aryl methyl sites for hydroxylation is 1. The maximum absolute atomic E-state index is 13.1. The van der Waals surface area contributed by atoms with Crippen LogP contribution in [0.3, 0.4) is 0 Å². The van der Waals surface area contributed by atoms with E-state index in [0.29, 0.717) is 68.9 Å². The summed E-state index contributed by atoms with van der Waals surface area (Å²) in [6.45, 7) is 4.72. The Bertz CT molecular complexity index is 1920. The molecule has 5 rings (SSSR count). The van der Waals surface area contributed by atoms with Gasteiger partial charge in [-0.15, -0.1) is 0 Å². The van der Waals surface area contributed by atoms with Crippen molar-refractivity contribution in [2.75, 3.05) is 59.2 Å². The lowest BCUT2D eigenvalue weighted by Crippen LogP contribution is -2.13. The van der Waals surface area contributed by atoms with Crippen LogP contribution in [0, 0.1) is 6.92 Å². The number of alkyl halides is 3. The summed E-state index contributed by atoms with van der Waals surface area (Å²) in [5, 5.41) is 3.38. The van der Waals surface area contributed by atoms with Gasteiger partial charge in [0, 0.05) is 42.4 Å². The average Bonchev–Trinajstić information content (AvgIpc) is 3.10. The summed E-state index contributed by atoms with van der Waals surface area (Å²) in [7, 11) is 3.22. The van der Waals surface area contributed by atoms with E-state index in [4.69, 9.17) is 28.7 Å². The van der Waals surface area contributed by atoms with Gasteiger partial charge in [-0.1, -0.05) is 18.2 Å². The van der Waals surface area contributed by atoms with Crippen molar-refractivity contribution in [3.05, 3.63) is 113 Å². The SMILES string of the molecule is COCCOCCOCCOc1cc(Cc2ncc3cc(-c4cc(C(=O)Nc5cccc(C(F)(F)F)c5)ccc4C)ccc3n2)cc(OC)c1. The fourth-order valence-electron chi connectivity index (χ4n) is 5.17. The van der Waals surface area contributed by atoms with E-state index in [1.807, 2.05) is 43.3 Å². The van der Waals surface area contributed by atoms with E-state index in [9.17, 15) is 18.0 Å². The maximum Gasteiger partial charge on any atom is 0.416 e. The van der Waals surface area contributed by atoms with E-state index < -0.39 is 17.6 Å². The lowest BCUT2D eigenvalue weighted by molar-refractivity contribution is -0.137. The quantitative estimate of drug-likeness (QED) is 0.106. The zero-order valence-electron chi connectivity index (χ0n) is 28.0. The van der Waals surface area contributed by atoms with Crippen LogP contribution >= 0.6 is 0 Å². The van der Waals surface area contributed by atoms with Crippen LogP contribution < -0.4 is 14.8 Å². The molecule has 5 aromatic rings. The van der Waals surface area contributed by atoms with Crippen molar-refractivity contribution in [3.8, 4) is 22.6 Å². The number of hydrogen-bond acceptors (Lipinski definition) is 8. The molecule has 0 saturated heterocycles. The minimum absolute atomic E-state index is 0.0597. The first-order valence-corrected chi connectivity index (χ1v) is 15.9. The number of methoxy groups -OCH3 is 2. The van der Waals surface area contributed by atoms with Crippen LogP contribution in [0.1, 0.15) is 32.9 Å². The molecule has 0 saturated carbocycles. The Morgan fingerprint density at radius 1 is 0.820 bits per heavy atom. The van der Waals surface area contributed by atoms with Gasteiger partial charge >= 0.3 is 6.18 Å². The number of anilines is 1. The second kappa shape index (κ2) is 17.1. The number of nitrogens with zero attached hydrogens (tertiary/aromatic N) is 2. The van der Waals surface area contributed by atoms with Crippen LogP contribution in [0.5, 0.6) is 11.5 Å². The summed E-state index contributed by atoms with van der Waals surface area (Å²) in [6.07, 6.45) is -2.31. The molecule has 1 heterocycles. The summed E-state index contributed by atoms with van der Waals surface area (Å²) < 4.78 is 66.7. The highest BCUT2D eigenvalue weighted by atomic mass is 19.4. The van der Waals surface area contributed by atoms with Gasteiger partial charge in [0.1, 0.15) is 23.9 Å². The highest BCUT2D eigenvalue weighted by Crippen LogP contribution is 2.32. The van der Waals surface area contributed by atoms with Crippen LogP contribution in [0.2, 0.25) is 0 Å². The molecule has 50 heavy (non-hydrogen) atoms. The third-order valence-corrected chi connectivity index (χ3v) is 7.73. The van der Waals surface area contributed by atoms with E-state index in [2.05, 4.69) is 10.3 Å². The van der Waals surface area contributed by atoms with Gasteiger partial charge in [-0.25, -0.2) is 9.97 Å². The number of fused-ring (bicyclic) bond motifs is 1. The van der Waals surface area contributed by atoms with E-state index in [1.54, 1.807) is 38.6 Å². The zero-order chi connectivity index (χ0) is 35.5. The van der Waals surface area contributed by atoms with Gasteiger partial charge < -0.3 is 29.0 Å². The van der Waals surface area contributed by atoms with Gasteiger partial charge in [0.15, 0.2) is 0 Å². The molecule has 0 bridgehead atoms. The number of halogens is 3. The Hall–Kier alpha value is -5.04. The number of benzene rings is 4. The maximum atomic E-state index is 13.1. The zero-order valence-corrected chi connectivity index (χ0v) is 28.0. The van der Waals surface area contributed by atoms with Crippen LogP contribution in [0.15, 0.2) is 85.1 Å². The van der Waals surface area contributed by atoms with Crippen LogP contribution in [-0.4, -0.2) is 69.7 Å². The second-order valence-corrected chi connectivity index (χ2v) is 11.4. The fraction of sp³-hybridized carbons (Fsp3) is 0.289. The molecule has 0 radical (unpaired) electrons. The minimum atomic E-state index is -4.51. The third-order valence-electron chi connectivity index (χ3n) is 7.73. The molecule has 9 nitrogen and oxygen atoms in total. The first-order chi connectivity index (χ1) is 24.1. The predicted molar refractivity (Wildman–Crippen MR) is 184 cm³/mol. The van der Waals surface area contributed by atoms with Crippen molar-refractivity contribution in [1.82, 2.24) is 9.97 Å². The molecule has 0 unspecified atom stereocenters. The molecule has 0 atom stereocenters. The number of carbonyl (C=O) groups excluding carboxylic acids is 1. The fourth-order valence-corrected chi connectivity index (χ4v) is 5.17. The van der Waals surface area contributed by atoms with E-state index >= 15 is 0 Å². The van der Waals surface area contributed by atoms with Crippen LogP contribution in [-0.2, 0) is 26.8 Å². The van der Waals surface area contributed by atoms with Gasteiger partial charge in [0.05, 0.1) is 51.2 Å². The molecule has 0 aliphatic heterocycles. The largest absolute Gasteiger partial charge is 0.497 e. The molecule has 1 amide bonds. The Balaban J connectivity index is 1.24. The summed E-state index contributed by atoms with van der Waals surface area (Å²) in [6, 6.07) is 21.1. The lowest BCUT2D eigenvalue weighted by Gasteiger charge is -2.13. The third kappa shape index (κ3) is 10.0. The minimum Gasteiger partial charge on any atom is -0.497 e. The molecule has 4 aromatic carbocycles. The molecular formula is C38H38F3N3O6. The lowest BCUT2D eigenvalue weighted by atomic mass is 9.96. The number of carbonyl (C=O) groups is 1. The monoisotopic (exact) mass is 689 g/mol. The Kier molecular flexibility index (Phi) is 12.4. The van der Waals surface area contributed by atoms with Crippen molar-refractivity contribution >= 4 is 22.5 Å². The molecule has 1 aromatic heterocycles. The first kappa shape index (κ1) is 36.2. The number of ether oxygens (including phenoxy) is 5. The molecule has 0 aliphatic carbocycles. The summed E-state index contributed by atoms with van der Waals surface area (Å²) in [4.78, 5) is 22.4. The van der Waals surface area contributed by atoms with Crippen molar-refractivity contribution in [2.45, 2.75) is 19.5 Å². The second-order valence-electron chi connectivity index (χ2n) is 11.4. The highest BCUT2D eigenvalue weighted by molar-refractivity contribution is 6.05. The Labute approximate surface area is 288 Å². The summed E-state index contributed by atoms with van der Waals surface area (Å²) >= 11 is 0. The predicted octanol–water partition coefficient (Wildman–Crippen LogP) is 7.53. The number of amides is 1. The molecule has 0 aliphatic rings. The Morgan fingerprint density at radius 2 is 1.58 bits per heavy atom.